The molecule has 0 bridgehead atoms. The van der Waals surface area contributed by atoms with Crippen molar-refractivity contribution in [1.29, 1.82) is 0 Å². The Morgan fingerprint density at radius 2 is 2.00 bits per heavy atom. The molecule has 3 N–H and O–H groups in total. The van der Waals surface area contributed by atoms with E-state index in [0.717, 1.165) is 5.69 Å². The molecule has 0 radical (unpaired) electrons. The number of nitrogens with two attached hydrogens (primary N) is 1. The third-order valence-corrected chi connectivity index (χ3v) is 3.17. The maximum absolute atomic E-state index is 5.80. The van der Waals surface area contributed by atoms with Gasteiger partial charge in [0, 0.05) is 10.6 Å². The fourth-order valence-corrected chi connectivity index (χ4v) is 2.02. The molecule has 0 fully saturated rings. The van der Waals surface area contributed by atoms with Gasteiger partial charge in [0.1, 0.15) is 0 Å². The van der Waals surface area contributed by atoms with Crippen LogP contribution in [0.4, 0.5) is 5.69 Å². The number of halogens is 1. The first kappa shape index (κ1) is 15.0. The molecule has 1 aromatic carbocycles. The van der Waals surface area contributed by atoms with E-state index in [0.29, 0.717) is 12.5 Å². The number of rotatable bonds is 3. The van der Waals surface area contributed by atoms with Gasteiger partial charge < -0.3 is 11.1 Å². The van der Waals surface area contributed by atoms with Crippen LogP contribution in [0.3, 0.4) is 0 Å². The number of thiophene rings is 1. The van der Waals surface area contributed by atoms with Crippen molar-refractivity contribution in [1.82, 2.24) is 0 Å². The standard InChI is InChI=1S/C13H15N3S.HI/c1-10-4-6-11(7-5-10)16-13(14)15-9-12-3-2-8-17-12;/h2-8H,9H2,1H3,(H3,14,15,16);1H. The minimum atomic E-state index is 0. The Morgan fingerprint density at radius 1 is 1.28 bits per heavy atom. The molecule has 3 nitrogen and oxygen atoms in total. The zero-order chi connectivity index (χ0) is 12.1. The van der Waals surface area contributed by atoms with E-state index in [1.54, 1.807) is 11.3 Å². The minimum absolute atomic E-state index is 0. The molecule has 0 amide bonds. The number of guanidine groups is 1. The van der Waals surface area contributed by atoms with Crippen LogP contribution < -0.4 is 11.1 Å². The van der Waals surface area contributed by atoms with E-state index >= 15 is 0 Å². The molecule has 0 aliphatic heterocycles. The number of nitrogens with zero attached hydrogens (tertiary/aromatic N) is 1. The quantitative estimate of drug-likeness (QED) is 0.491. The van der Waals surface area contributed by atoms with Gasteiger partial charge in [-0.05, 0) is 30.5 Å². The highest BCUT2D eigenvalue weighted by molar-refractivity contribution is 14.0. The van der Waals surface area contributed by atoms with Gasteiger partial charge >= 0.3 is 0 Å². The molecule has 0 spiro atoms. The predicted molar refractivity (Wildman–Crippen MR) is 89.9 cm³/mol. The molecule has 0 aliphatic rings. The summed E-state index contributed by atoms with van der Waals surface area (Å²) in [5, 5.41) is 5.10. The van der Waals surface area contributed by atoms with Crippen LogP contribution in [-0.4, -0.2) is 5.96 Å². The lowest BCUT2D eigenvalue weighted by atomic mass is 10.2. The van der Waals surface area contributed by atoms with E-state index in [1.807, 2.05) is 41.8 Å². The Morgan fingerprint density at radius 3 is 2.61 bits per heavy atom. The van der Waals surface area contributed by atoms with Crippen LogP contribution in [0.2, 0.25) is 0 Å². The summed E-state index contributed by atoms with van der Waals surface area (Å²) in [6, 6.07) is 12.1. The van der Waals surface area contributed by atoms with E-state index < -0.39 is 0 Å². The second-order valence-corrected chi connectivity index (χ2v) is 4.80. The maximum Gasteiger partial charge on any atom is 0.193 e. The highest BCUT2D eigenvalue weighted by Crippen LogP contribution is 2.10. The molecule has 96 valence electrons. The lowest BCUT2D eigenvalue weighted by Gasteiger charge is -2.05. The average molecular weight is 373 g/mol. The fraction of sp³-hybridized carbons (Fsp3) is 0.154. The van der Waals surface area contributed by atoms with Gasteiger partial charge in [0.05, 0.1) is 6.54 Å². The number of benzene rings is 1. The van der Waals surface area contributed by atoms with Crippen LogP contribution in [0.1, 0.15) is 10.4 Å². The summed E-state index contributed by atoms with van der Waals surface area (Å²) < 4.78 is 0. The molecule has 18 heavy (non-hydrogen) atoms. The summed E-state index contributed by atoms with van der Waals surface area (Å²) in [6.07, 6.45) is 0. The maximum atomic E-state index is 5.80. The van der Waals surface area contributed by atoms with E-state index in [1.165, 1.54) is 10.4 Å². The van der Waals surface area contributed by atoms with Crippen LogP contribution >= 0.6 is 35.3 Å². The topological polar surface area (TPSA) is 50.4 Å². The van der Waals surface area contributed by atoms with Gasteiger partial charge in [0.2, 0.25) is 0 Å². The minimum Gasteiger partial charge on any atom is -0.370 e. The molecule has 1 aromatic heterocycles. The van der Waals surface area contributed by atoms with Gasteiger partial charge in [-0.15, -0.1) is 35.3 Å². The lowest BCUT2D eigenvalue weighted by Crippen LogP contribution is -2.22. The van der Waals surface area contributed by atoms with Crippen LogP contribution in [0, 0.1) is 6.92 Å². The van der Waals surface area contributed by atoms with Gasteiger partial charge in [-0.25, -0.2) is 4.99 Å². The number of hydrogen-bond acceptors (Lipinski definition) is 2. The van der Waals surface area contributed by atoms with Crippen molar-refractivity contribution in [2.75, 3.05) is 5.32 Å². The first-order valence-electron chi connectivity index (χ1n) is 5.40. The van der Waals surface area contributed by atoms with E-state index in [4.69, 9.17) is 5.73 Å². The number of anilines is 1. The Kier molecular flexibility index (Phi) is 6.14. The molecule has 5 heteroatoms. The normalized spacial score (nSPS) is 10.8. The Bertz CT molecular complexity index is 491. The second-order valence-electron chi connectivity index (χ2n) is 3.77. The molecule has 0 aliphatic carbocycles. The van der Waals surface area contributed by atoms with Crippen molar-refractivity contribution in [3.63, 3.8) is 0 Å². The molecular weight excluding hydrogens is 357 g/mol. The van der Waals surface area contributed by atoms with Crippen molar-refractivity contribution < 1.29 is 0 Å². The summed E-state index contributed by atoms with van der Waals surface area (Å²) >= 11 is 1.68. The SMILES string of the molecule is Cc1ccc(NC(N)=NCc2cccs2)cc1.I. The fourth-order valence-electron chi connectivity index (χ4n) is 1.39. The van der Waals surface area contributed by atoms with E-state index in [-0.39, 0.29) is 24.0 Å². The average Bonchev–Trinajstić information content (AvgIpc) is 2.83. The van der Waals surface area contributed by atoms with Gasteiger partial charge in [0.15, 0.2) is 5.96 Å². The highest BCUT2D eigenvalue weighted by Gasteiger charge is 1.95. The monoisotopic (exact) mass is 373 g/mol. The van der Waals surface area contributed by atoms with Crippen molar-refractivity contribution >= 4 is 47.0 Å². The lowest BCUT2D eigenvalue weighted by molar-refractivity contribution is 1.09. The van der Waals surface area contributed by atoms with Crippen molar-refractivity contribution in [3.05, 3.63) is 52.2 Å². The van der Waals surface area contributed by atoms with Gasteiger partial charge in [0.25, 0.3) is 0 Å². The first-order chi connectivity index (χ1) is 8.24. The smallest absolute Gasteiger partial charge is 0.193 e. The third kappa shape index (κ3) is 4.66. The summed E-state index contributed by atoms with van der Waals surface area (Å²) in [5.74, 6) is 0.447. The van der Waals surface area contributed by atoms with Crippen LogP contribution in [0.25, 0.3) is 0 Å². The first-order valence-corrected chi connectivity index (χ1v) is 6.28. The largest absolute Gasteiger partial charge is 0.370 e. The number of hydrogen-bond donors (Lipinski definition) is 2. The van der Waals surface area contributed by atoms with Gasteiger partial charge in [-0.1, -0.05) is 23.8 Å². The molecule has 2 aromatic rings. The Hall–Kier alpha value is -1.08. The third-order valence-electron chi connectivity index (χ3n) is 2.31. The summed E-state index contributed by atoms with van der Waals surface area (Å²) in [4.78, 5) is 5.49. The molecule has 0 unspecified atom stereocenters. The number of nitrogens with one attached hydrogen (secondary N) is 1. The molecular formula is C13H16IN3S. The zero-order valence-corrected chi connectivity index (χ0v) is 13.2. The van der Waals surface area contributed by atoms with Crippen LogP contribution in [-0.2, 0) is 6.54 Å². The van der Waals surface area contributed by atoms with Crippen molar-refractivity contribution in [3.8, 4) is 0 Å². The van der Waals surface area contributed by atoms with Crippen molar-refractivity contribution in [2.45, 2.75) is 13.5 Å². The highest BCUT2D eigenvalue weighted by atomic mass is 127. The van der Waals surface area contributed by atoms with Crippen LogP contribution in [0.15, 0.2) is 46.8 Å². The molecule has 0 atom stereocenters. The Balaban J connectivity index is 0.00000162. The molecule has 0 saturated heterocycles. The number of aryl methyl sites for hydroxylation is 1. The van der Waals surface area contributed by atoms with Gasteiger partial charge in [-0.3, -0.25) is 0 Å². The summed E-state index contributed by atoms with van der Waals surface area (Å²) in [5.41, 5.74) is 7.99. The van der Waals surface area contributed by atoms with Crippen molar-refractivity contribution in [2.24, 2.45) is 10.7 Å². The zero-order valence-electron chi connectivity index (χ0n) is 10.1. The predicted octanol–water partition coefficient (Wildman–Crippen LogP) is 3.60. The second kappa shape index (κ2) is 7.38. The van der Waals surface area contributed by atoms with E-state index in [2.05, 4.69) is 17.2 Å². The molecule has 1 heterocycles. The number of aliphatic imine (C=N–C) groups is 1. The summed E-state index contributed by atoms with van der Waals surface area (Å²) in [7, 11) is 0. The molecule has 0 saturated carbocycles. The molecule has 2 rings (SSSR count). The van der Waals surface area contributed by atoms with Crippen LogP contribution in [0.5, 0.6) is 0 Å². The summed E-state index contributed by atoms with van der Waals surface area (Å²) in [6.45, 7) is 2.68. The van der Waals surface area contributed by atoms with E-state index in [9.17, 15) is 0 Å². The Labute approximate surface area is 128 Å². The van der Waals surface area contributed by atoms with Gasteiger partial charge in [-0.2, -0.15) is 0 Å².